The van der Waals surface area contributed by atoms with Crippen molar-refractivity contribution in [1.29, 1.82) is 0 Å². The van der Waals surface area contributed by atoms with Gasteiger partial charge in [0.2, 0.25) is 20.8 Å². The van der Waals surface area contributed by atoms with E-state index in [0.29, 0.717) is 11.6 Å². The van der Waals surface area contributed by atoms with Crippen molar-refractivity contribution in [3.05, 3.63) is 40.8 Å². The standard InChI is InChI=1S/C18H25ClN6O2S/c1-7-12(4)8-13(5)21-18-20-9-14(19)16(23-18)22-15-10-25(6)24-17(15)28(26,27)11(2)3/h7-11H,1-6H3,(H2,20,21,22,23)/b12-7-,13-8+. The lowest BCUT2D eigenvalue weighted by Gasteiger charge is -2.11. The molecular weight excluding hydrogens is 400 g/mol. The molecule has 0 aliphatic carbocycles. The molecule has 0 saturated heterocycles. The lowest BCUT2D eigenvalue weighted by Crippen LogP contribution is -2.16. The van der Waals surface area contributed by atoms with Gasteiger partial charge in [0, 0.05) is 18.9 Å². The van der Waals surface area contributed by atoms with Crippen LogP contribution < -0.4 is 10.6 Å². The maximum atomic E-state index is 12.6. The summed E-state index contributed by atoms with van der Waals surface area (Å²) in [6.07, 6.45) is 6.96. The Morgan fingerprint density at radius 1 is 1.32 bits per heavy atom. The van der Waals surface area contributed by atoms with Gasteiger partial charge in [0.15, 0.2) is 5.82 Å². The molecule has 2 heterocycles. The van der Waals surface area contributed by atoms with Crippen molar-refractivity contribution in [3.63, 3.8) is 0 Å². The van der Waals surface area contributed by atoms with Crippen LogP contribution in [0.1, 0.15) is 34.6 Å². The molecule has 8 nitrogen and oxygen atoms in total. The quantitative estimate of drug-likeness (QED) is 0.645. The van der Waals surface area contributed by atoms with Crippen LogP contribution in [0.15, 0.2) is 40.8 Å². The van der Waals surface area contributed by atoms with Gasteiger partial charge in [0.1, 0.15) is 5.02 Å². The predicted octanol–water partition coefficient (Wildman–Crippen LogP) is 4.07. The topological polar surface area (TPSA) is 102 Å². The van der Waals surface area contributed by atoms with E-state index in [2.05, 4.69) is 25.7 Å². The average Bonchev–Trinajstić information content (AvgIpc) is 2.98. The van der Waals surface area contributed by atoms with Crippen LogP contribution in [0.4, 0.5) is 17.5 Å². The summed E-state index contributed by atoms with van der Waals surface area (Å²) in [6.45, 7) is 9.05. The summed E-state index contributed by atoms with van der Waals surface area (Å²) in [7, 11) is -1.93. The summed E-state index contributed by atoms with van der Waals surface area (Å²) in [6, 6.07) is 0. The number of halogens is 1. The van der Waals surface area contributed by atoms with Crippen LogP contribution >= 0.6 is 11.6 Å². The van der Waals surface area contributed by atoms with Gasteiger partial charge in [-0.25, -0.2) is 13.4 Å². The molecule has 0 aliphatic rings. The first kappa shape index (κ1) is 21.9. The first-order valence-corrected chi connectivity index (χ1v) is 10.6. The molecule has 2 aromatic heterocycles. The van der Waals surface area contributed by atoms with Crippen molar-refractivity contribution >= 4 is 38.9 Å². The van der Waals surface area contributed by atoms with Crippen molar-refractivity contribution in [2.24, 2.45) is 7.05 Å². The van der Waals surface area contributed by atoms with E-state index in [0.717, 1.165) is 11.3 Å². The smallest absolute Gasteiger partial charge is 0.228 e. The number of hydrogen-bond acceptors (Lipinski definition) is 7. The number of allylic oxidation sites excluding steroid dienone is 4. The molecule has 2 N–H and O–H groups in total. The first-order valence-electron chi connectivity index (χ1n) is 8.70. The molecule has 10 heteroatoms. The summed E-state index contributed by atoms with van der Waals surface area (Å²) in [5, 5.41) is 9.75. The third-order valence-corrected chi connectivity index (χ3v) is 6.25. The van der Waals surface area contributed by atoms with Gasteiger partial charge in [-0.15, -0.1) is 0 Å². The van der Waals surface area contributed by atoms with E-state index in [1.54, 1.807) is 27.1 Å². The molecule has 152 valence electrons. The zero-order valence-corrected chi connectivity index (χ0v) is 18.4. The number of aromatic nitrogens is 4. The fraction of sp³-hybridized carbons (Fsp3) is 0.389. The van der Waals surface area contributed by atoms with E-state index in [4.69, 9.17) is 11.6 Å². The molecule has 0 atom stereocenters. The highest BCUT2D eigenvalue weighted by molar-refractivity contribution is 7.92. The second-order valence-electron chi connectivity index (χ2n) is 6.62. The predicted molar refractivity (Wildman–Crippen MR) is 113 cm³/mol. The molecule has 0 fully saturated rings. The monoisotopic (exact) mass is 424 g/mol. The highest BCUT2D eigenvalue weighted by Gasteiger charge is 2.27. The van der Waals surface area contributed by atoms with Crippen LogP contribution in [-0.2, 0) is 16.9 Å². The maximum absolute atomic E-state index is 12.6. The molecule has 0 saturated carbocycles. The fourth-order valence-corrected chi connectivity index (χ4v) is 3.50. The van der Waals surface area contributed by atoms with Gasteiger partial charge in [0.25, 0.3) is 0 Å². The third-order valence-electron chi connectivity index (χ3n) is 3.89. The minimum absolute atomic E-state index is 0.0472. The Kier molecular flexibility index (Phi) is 6.84. The number of nitrogens with one attached hydrogen (secondary N) is 2. The molecule has 0 aliphatic heterocycles. The molecule has 0 aromatic carbocycles. The number of anilines is 3. The molecule has 0 spiro atoms. The maximum Gasteiger partial charge on any atom is 0.228 e. The van der Waals surface area contributed by atoms with E-state index in [1.807, 2.05) is 32.9 Å². The third kappa shape index (κ3) is 5.11. The number of hydrogen-bond donors (Lipinski definition) is 2. The summed E-state index contributed by atoms with van der Waals surface area (Å²) in [5.41, 5.74) is 2.25. The van der Waals surface area contributed by atoms with E-state index < -0.39 is 15.1 Å². The number of rotatable bonds is 7. The molecule has 0 bridgehead atoms. The van der Waals surface area contributed by atoms with Crippen molar-refractivity contribution in [3.8, 4) is 0 Å². The van der Waals surface area contributed by atoms with E-state index in [1.165, 1.54) is 10.9 Å². The first-order chi connectivity index (χ1) is 13.0. The SMILES string of the molecule is C/C=C(C)\C=C(/C)Nc1ncc(Cl)c(Nc2cn(C)nc2S(=O)(=O)C(C)C)n1. The molecular formula is C18H25ClN6O2S. The van der Waals surface area contributed by atoms with Crippen LogP contribution in [0.3, 0.4) is 0 Å². The van der Waals surface area contributed by atoms with Gasteiger partial charge < -0.3 is 10.6 Å². The van der Waals surface area contributed by atoms with Crippen molar-refractivity contribution in [1.82, 2.24) is 19.7 Å². The summed E-state index contributed by atoms with van der Waals surface area (Å²) in [5.74, 6) is 0.615. The van der Waals surface area contributed by atoms with Crippen LogP contribution in [0, 0.1) is 0 Å². The Morgan fingerprint density at radius 3 is 2.61 bits per heavy atom. The Labute approximate surface area is 170 Å². The van der Waals surface area contributed by atoms with Crippen LogP contribution in [0.2, 0.25) is 5.02 Å². The Morgan fingerprint density at radius 2 is 2.00 bits per heavy atom. The van der Waals surface area contributed by atoms with Gasteiger partial charge in [-0.2, -0.15) is 10.1 Å². The van der Waals surface area contributed by atoms with Gasteiger partial charge in [-0.05, 0) is 40.7 Å². The number of nitrogens with zero attached hydrogens (tertiary/aromatic N) is 4. The largest absolute Gasteiger partial charge is 0.335 e. The Balaban J connectivity index is 2.37. The second kappa shape index (κ2) is 8.74. The van der Waals surface area contributed by atoms with E-state index in [9.17, 15) is 8.42 Å². The molecule has 28 heavy (non-hydrogen) atoms. The highest BCUT2D eigenvalue weighted by Crippen LogP contribution is 2.29. The normalized spacial score (nSPS) is 13.1. The van der Waals surface area contributed by atoms with Crippen LogP contribution in [0.5, 0.6) is 0 Å². The van der Waals surface area contributed by atoms with Gasteiger partial charge in [0.05, 0.1) is 17.1 Å². The number of sulfone groups is 1. The van der Waals surface area contributed by atoms with E-state index >= 15 is 0 Å². The molecule has 0 amide bonds. The molecule has 2 aromatic rings. The minimum Gasteiger partial charge on any atom is -0.335 e. The average molecular weight is 425 g/mol. The minimum atomic E-state index is -3.58. The highest BCUT2D eigenvalue weighted by atomic mass is 35.5. The fourth-order valence-electron chi connectivity index (χ4n) is 2.27. The van der Waals surface area contributed by atoms with Gasteiger partial charge >= 0.3 is 0 Å². The second-order valence-corrected chi connectivity index (χ2v) is 9.44. The zero-order valence-electron chi connectivity index (χ0n) is 16.8. The van der Waals surface area contributed by atoms with Gasteiger partial charge in [-0.1, -0.05) is 23.3 Å². The zero-order chi connectivity index (χ0) is 21.1. The summed E-state index contributed by atoms with van der Waals surface area (Å²) >= 11 is 6.21. The van der Waals surface area contributed by atoms with E-state index in [-0.39, 0.29) is 15.9 Å². The van der Waals surface area contributed by atoms with Crippen molar-refractivity contribution in [2.75, 3.05) is 10.6 Å². The summed E-state index contributed by atoms with van der Waals surface area (Å²) < 4.78 is 26.6. The van der Waals surface area contributed by atoms with Crippen LogP contribution in [0.25, 0.3) is 0 Å². The number of aryl methyl sites for hydroxylation is 1. The van der Waals surface area contributed by atoms with Crippen molar-refractivity contribution in [2.45, 2.75) is 44.9 Å². The van der Waals surface area contributed by atoms with Crippen LogP contribution in [-0.4, -0.2) is 33.4 Å². The lowest BCUT2D eigenvalue weighted by atomic mass is 10.2. The lowest BCUT2D eigenvalue weighted by molar-refractivity contribution is 0.579. The van der Waals surface area contributed by atoms with Gasteiger partial charge in [-0.3, -0.25) is 4.68 Å². The van der Waals surface area contributed by atoms with Crippen molar-refractivity contribution < 1.29 is 8.42 Å². The molecule has 0 radical (unpaired) electrons. The Bertz CT molecular complexity index is 1020. The molecule has 2 rings (SSSR count). The molecule has 0 unspecified atom stereocenters. The Hall–Kier alpha value is -2.39. The summed E-state index contributed by atoms with van der Waals surface area (Å²) in [4.78, 5) is 8.53.